The van der Waals surface area contributed by atoms with Gasteiger partial charge in [-0.05, 0) is 54.0 Å². The average molecular weight is 456 g/mol. The Labute approximate surface area is 177 Å². The van der Waals surface area contributed by atoms with Crippen molar-refractivity contribution in [3.8, 4) is 0 Å². The summed E-state index contributed by atoms with van der Waals surface area (Å²) in [7, 11) is 0. The molecule has 4 rings (SSSR count). The molecule has 0 spiro atoms. The Morgan fingerprint density at radius 2 is 1.93 bits per heavy atom. The van der Waals surface area contributed by atoms with Crippen LogP contribution in [0.2, 0.25) is 0 Å². The highest BCUT2D eigenvalue weighted by atomic mass is 79.9. The van der Waals surface area contributed by atoms with Crippen LogP contribution in [0.5, 0.6) is 0 Å². The van der Waals surface area contributed by atoms with E-state index < -0.39 is 0 Å². The van der Waals surface area contributed by atoms with E-state index in [0.717, 1.165) is 27.0 Å². The Kier molecular flexibility index (Phi) is 5.41. The molecule has 1 unspecified atom stereocenters. The molecule has 0 aliphatic carbocycles. The quantitative estimate of drug-likeness (QED) is 0.538. The molecule has 7 heteroatoms. The lowest BCUT2D eigenvalue weighted by Crippen LogP contribution is -2.25. The lowest BCUT2D eigenvalue weighted by atomic mass is 10.1. The van der Waals surface area contributed by atoms with Crippen molar-refractivity contribution in [3.05, 3.63) is 58.8 Å². The second-order valence-corrected chi connectivity index (χ2v) is 8.29. The third-order valence-corrected chi connectivity index (χ3v) is 5.64. The fourth-order valence-electron chi connectivity index (χ4n) is 3.79. The van der Waals surface area contributed by atoms with Gasteiger partial charge in [0.05, 0.1) is 22.8 Å². The summed E-state index contributed by atoms with van der Waals surface area (Å²) in [4.78, 5) is 31.7. The van der Waals surface area contributed by atoms with Gasteiger partial charge in [0.25, 0.3) is 0 Å². The van der Waals surface area contributed by atoms with Crippen LogP contribution in [-0.4, -0.2) is 34.1 Å². The minimum Gasteiger partial charge on any atom is -0.462 e. The molecule has 1 aromatic heterocycles. The number of carbonyl (C=O) groups is 2. The highest BCUT2D eigenvalue weighted by Crippen LogP contribution is 2.36. The van der Waals surface area contributed by atoms with Crippen LogP contribution in [0.3, 0.4) is 0 Å². The zero-order valence-electron chi connectivity index (χ0n) is 16.3. The lowest BCUT2D eigenvalue weighted by molar-refractivity contribution is -0.148. The van der Waals surface area contributed by atoms with Gasteiger partial charge in [-0.3, -0.25) is 9.59 Å². The molecule has 1 amide bonds. The van der Waals surface area contributed by atoms with E-state index in [1.54, 1.807) is 4.90 Å². The van der Waals surface area contributed by atoms with E-state index in [-0.39, 0.29) is 30.4 Å². The molecule has 2 heterocycles. The van der Waals surface area contributed by atoms with Crippen LogP contribution >= 0.6 is 15.9 Å². The van der Waals surface area contributed by atoms with E-state index in [4.69, 9.17) is 9.72 Å². The zero-order valence-corrected chi connectivity index (χ0v) is 17.9. The number of halogens is 1. The number of nitrogens with zero attached hydrogens (tertiary/aromatic N) is 3. The number of hydrogen-bond acceptors (Lipinski definition) is 4. The number of esters is 1. The summed E-state index contributed by atoms with van der Waals surface area (Å²) in [6.07, 6.45) is 0.170. The maximum Gasteiger partial charge on any atom is 0.326 e. The van der Waals surface area contributed by atoms with Crippen LogP contribution in [0.1, 0.15) is 32.0 Å². The minimum atomic E-state index is -0.309. The van der Waals surface area contributed by atoms with E-state index in [1.165, 1.54) is 0 Å². The molecule has 2 aromatic carbocycles. The monoisotopic (exact) mass is 455 g/mol. The number of aromatic nitrogens is 2. The second-order valence-electron chi connectivity index (χ2n) is 7.44. The number of amides is 1. The molecule has 1 atom stereocenters. The van der Waals surface area contributed by atoms with E-state index >= 15 is 0 Å². The van der Waals surface area contributed by atoms with Crippen molar-refractivity contribution in [2.75, 3.05) is 11.4 Å². The highest BCUT2D eigenvalue weighted by Gasteiger charge is 2.35. The predicted molar refractivity (Wildman–Crippen MR) is 115 cm³/mol. The summed E-state index contributed by atoms with van der Waals surface area (Å²) in [5, 5.41) is 0. The van der Waals surface area contributed by atoms with E-state index in [2.05, 4.69) is 15.9 Å². The first kappa shape index (κ1) is 19.6. The molecule has 0 N–H and O–H groups in total. The summed E-state index contributed by atoms with van der Waals surface area (Å²) in [6.45, 7) is 4.25. The molecule has 29 heavy (non-hydrogen) atoms. The molecular formula is C22H22BrN3O3. The molecule has 3 aromatic rings. The summed E-state index contributed by atoms with van der Waals surface area (Å²) in [5.41, 5.74) is 2.53. The minimum absolute atomic E-state index is 0.0465. The molecule has 0 saturated carbocycles. The van der Waals surface area contributed by atoms with E-state index in [9.17, 15) is 9.59 Å². The fourth-order valence-corrected chi connectivity index (χ4v) is 4.28. The molecule has 150 valence electrons. The summed E-state index contributed by atoms with van der Waals surface area (Å²) >= 11 is 3.53. The van der Waals surface area contributed by atoms with E-state index in [0.29, 0.717) is 13.0 Å². The van der Waals surface area contributed by atoms with Crippen molar-refractivity contribution in [1.29, 1.82) is 0 Å². The molecule has 1 aliphatic rings. The molecule has 0 bridgehead atoms. The number of carbonyl (C=O) groups excluding carboxylic acids is 2. The third kappa shape index (κ3) is 3.92. The van der Waals surface area contributed by atoms with Crippen LogP contribution in [0.15, 0.2) is 53.0 Å². The van der Waals surface area contributed by atoms with Gasteiger partial charge in [0.2, 0.25) is 5.91 Å². The van der Waals surface area contributed by atoms with Gasteiger partial charge >= 0.3 is 5.97 Å². The van der Waals surface area contributed by atoms with Crippen LogP contribution < -0.4 is 4.90 Å². The van der Waals surface area contributed by atoms with Crippen molar-refractivity contribution >= 4 is 44.5 Å². The van der Waals surface area contributed by atoms with E-state index in [1.807, 2.05) is 66.9 Å². The predicted octanol–water partition coefficient (Wildman–Crippen LogP) is 4.27. The Morgan fingerprint density at radius 1 is 1.21 bits per heavy atom. The molecule has 1 aliphatic heterocycles. The molecule has 1 saturated heterocycles. The number of benzene rings is 2. The Hall–Kier alpha value is -2.67. The molecule has 6 nitrogen and oxygen atoms in total. The lowest BCUT2D eigenvalue weighted by Gasteiger charge is -2.18. The number of ether oxygens (including phenoxy) is 1. The number of fused-ring (bicyclic) bond motifs is 1. The van der Waals surface area contributed by atoms with Crippen LogP contribution in [0.25, 0.3) is 11.0 Å². The number of rotatable bonds is 5. The largest absolute Gasteiger partial charge is 0.462 e. The Bertz CT molecular complexity index is 1080. The van der Waals surface area contributed by atoms with Gasteiger partial charge in [0.1, 0.15) is 12.4 Å². The SMILES string of the molecule is CC(C)OC(=O)Cn1c(C2CC(=O)N(c3ccccc3Br)C2)nc2ccccc21. The highest BCUT2D eigenvalue weighted by molar-refractivity contribution is 9.10. The first-order valence-electron chi connectivity index (χ1n) is 9.63. The second kappa shape index (κ2) is 7.99. The average Bonchev–Trinajstić information content (AvgIpc) is 3.22. The van der Waals surface area contributed by atoms with Gasteiger partial charge in [0.15, 0.2) is 0 Å². The number of hydrogen-bond donors (Lipinski definition) is 0. The first-order valence-corrected chi connectivity index (χ1v) is 10.4. The number of para-hydroxylation sites is 3. The third-order valence-electron chi connectivity index (χ3n) is 4.97. The van der Waals surface area contributed by atoms with Gasteiger partial charge in [-0.25, -0.2) is 4.98 Å². The van der Waals surface area contributed by atoms with Crippen molar-refractivity contribution in [2.45, 2.75) is 38.8 Å². The maximum absolute atomic E-state index is 12.8. The van der Waals surface area contributed by atoms with Crippen molar-refractivity contribution in [1.82, 2.24) is 9.55 Å². The molecule has 0 radical (unpaired) electrons. The number of anilines is 1. The standard InChI is InChI=1S/C22H22BrN3O3/c1-14(2)29-21(28)13-26-19-10-6-4-8-17(19)24-22(26)15-11-20(27)25(12-15)18-9-5-3-7-16(18)23/h3-10,14-15H,11-13H2,1-2H3. The summed E-state index contributed by atoms with van der Waals surface area (Å²) < 4.78 is 8.11. The van der Waals surface area contributed by atoms with Gasteiger partial charge < -0.3 is 14.2 Å². The number of imidazole rings is 1. The molecular weight excluding hydrogens is 434 g/mol. The Morgan fingerprint density at radius 3 is 2.69 bits per heavy atom. The van der Waals surface area contributed by atoms with Crippen molar-refractivity contribution in [3.63, 3.8) is 0 Å². The smallest absolute Gasteiger partial charge is 0.326 e. The first-order chi connectivity index (χ1) is 13.9. The topological polar surface area (TPSA) is 64.4 Å². The van der Waals surface area contributed by atoms with Crippen LogP contribution in [-0.2, 0) is 20.9 Å². The fraction of sp³-hybridized carbons (Fsp3) is 0.318. The summed E-state index contributed by atoms with van der Waals surface area (Å²) in [6, 6.07) is 15.4. The Balaban J connectivity index is 1.69. The normalized spacial score (nSPS) is 16.8. The van der Waals surface area contributed by atoms with Gasteiger partial charge in [-0.15, -0.1) is 0 Å². The molecule has 1 fully saturated rings. The van der Waals surface area contributed by atoms with Gasteiger partial charge in [-0.1, -0.05) is 24.3 Å². The van der Waals surface area contributed by atoms with Crippen LogP contribution in [0, 0.1) is 0 Å². The van der Waals surface area contributed by atoms with Crippen LogP contribution in [0.4, 0.5) is 5.69 Å². The van der Waals surface area contributed by atoms with Crippen molar-refractivity contribution < 1.29 is 14.3 Å². The van der Waals surface area contributed by atoms with Gasteiger partial charge in [0, 0.05) is 23.4 Å². The van der Waals surface area contributed by atoms with Crippen molar-refractivity contribution in [2.24, 2.45) is 0 Å². The van der Waals surface area contributed by atoms with Gasteiger partial charge in [-0.2, -0.15) is 0 Å². The maximum atomic E-state index is 12.8. The zero-order chi connectivity index (χ0) is 20.5. The summed E-state index contributed by atoms with van der Waals surface area (Å²) in [5.74, 6) is 0.380.